The minimum atomic E-state index is -0.306. The van der Waals surface area contributed by atoms with Gasteiger partial charge >= 0.3 is 0 Å². The Balaban J connectivity index is 2.03. The zero-order chi connectivity index (χ0) is 16.2. The number of carbonyl (C=O) groups is 1. The van der Waals surface area contributed by atoms with E-state index in [1.807, 2.05) is 20.8 Å². The van der Waals surface area contributed by atoms with Gasteiger partial charge in [0.1, 0.15) is 11.6 Å². The minimum absolute atomic E-state index is 0.110. The number of nitrogens with zero attached hydrogens (tertiary/aromatic N) is 2. The van der Waals surface area contributed by atoms with E-state index < -0.39 is 0 Å². The second-order valence-corrected chi connectivity index (χ2v) is 5.86. The molecule has 1 aromatic heterocycles. The lowest BCUT2D eigenvalue weighted by atomic mass is 10.1. The predicted octanol–water partition coefficient (Wildman–Crippen LogP) is 2.95. The Morgan fingerprint density at radius 1 is 1.05 bits per heavy atom. The van der Waals surface area contributed by atoms with Crippen LogP contribution in [0.4, 0.5) is 11.5 Å². The minimum Gasteiger partial charge on any atom is -0.497 e. The van der Waals surface area contributed by atoms with E-state index in [2.05, 4.69) is 20.8 Å². The average Bonchev–Trinajstić information content (AvgIpc) is 2.47. The summed E-state index contributed by atoms with van der Waals surface area (Å²) in [4.78, 5) is 12.1. The number of rotatable bonds is 4. The lowest BCUT2D eigenvalue weighted by Crippen LogP contribution is -2.27. The van der Waals surface area contributed by atoms with Gasteiger partial charge in [0, 0.05) is 11.2 Å². The number of carbonyl (C=O) groups excluding carboxylic acids is 1. The molecule has 1 aromatic carbocycles. The van der Waals surface area contributed by atoms with Gasteiger partial charge in [-0.25, -0.2) is 0 Å². The smallest absolute Gasteiger partial charge is 0.276 e. The van der Waals surface area contributed by atoms with Crippen LogP contribution in [0.2, 0.25) is 0 Å². The highest BCUT2D eigenvalue weighted by Crippen LogP contribution is 2.16. The molecule has 0 radical (unpaired) electrons. The molecule has 116 valence electrons. The van der Waals surface area contributed by atoms with E-state index in [1.165, 1.54) is 0 Å². The first kappa shape index (κ1) is 15.8. The lowest BCUT2D eigenvalue weighted by Gasteiger charge is -2.20. The van der Waals surface area contributed by atoms with Crippen molar-refractivity contribution in [2.75, 3.05) is 17.7 Å². The molecule has 22 heavy (non-hydrogen) atoms. The van der Waals surface area contributed by atoms with Gasteiger partial charge in [0.2, 0.25) is 0 Å². The predicted molar refractivity (Wildman–Crippen MR) is 86.4 cm³/mol. The van der Waals surface area contributed by atoms with Crippen LogP contribution in [0.3, 0.4) is 0 Å². The molecule has 0 unspecified atom stereocenters. The van der Waals surface area contributed by atoms with Crippen LogP contribution in [0.15, 0.2) is 36.4 Å². The molecule has 2 aromatic rings. The molecule has 2 N–H and O–H groups in total. The van der Waals surface area contributed by atoms with E-state index in [-0.39, 0.29) is 17.1 Å². The molecule has 0 aliphatic heterocycles. The Bertz CT molecular complexity index is 631. The summed E-state index contributed by atoms with van der Waals surface area (Å²) in [7, 11) is 1.59. The first-order valence-electron chi connectivity index (χ1n) is 6.95. The number of ether oxygens (including phenoxy) is 1. The fraction of sp³-hybridized carbons (Fsp3) is 0.312. The van der Waals surface area contributed by atoms with Crippen molar-refractivity contribution in [1.29, 1.82) is 0 Å². The van der Waals surface area contributed by atoms with Crippen molar-refractivity contribution in [3.63, 3.8) is 0 Å². The van der Waals surface area contributed by atoms with Gasteiger partial charge in [-0.15, -0.1) is 10.2 Å². The quantitative estimate of drug-likeness (QED) is 0.908. The summed E-state index contributed by atoms with van der Waals surface area (Å²) >= 11 is 0. The summed E-state index contributed by atoms with van der Waals surface area (Å²) in [5, 5.41) is 13.9. The van der Waals surface area contributed by atoms with Crippen LogP contribution in [0.5, 0.6) is 5.75 Å². The molecule has 0 saturated carbocycles. The van der Waals surface area contributed by atoms with Gasteiger partial charge in [0.05, 0.1) is 7.11 Å². The third-order valence-corrected chi connectivity index (χ3v) is 2.75. The van der Waals surface area contributed by atoms with Crippen LogP contribution in [-0.4, -0.2) is 28.8 Å². The summed E-state index contributed by atoms with van der Waals surface area (Å²) in [6, 6.07) is 10.5. The Morgan fingerprint density at radius 3 is 2.23 bits per heavy atom. The number of nitrogens with one attached hydrogen (secondary N) is 2. The highest BCUT2D eigenvalue weighted by Gasteiger charge is 2.12. The number of anilines is 2. The van der Waals surface area contributed by atoms with Crippen LogP contribution < -0.4 is 15.4 Å². The maximum absolute atomic E-state index is 12.1. The number of methoxy groups -OCH3 is 1. The van der Waals surface area contributed by atoms with E-state index in [0.717, 1.165) is 5.75 Å². The van der Waals surface area contributed by atoms with Gasteiger partial charge in [0.15, 0.2) is 5.69 Å². The third kappa shape index (κ3) is 4.44. The molecule has 6 heteroatoms. The second-order valence-electron chi connectivity index (χ2n) is 5.86. The van der Waals surface area contributed by atoms with Crippen molar-refractivity contribution in [2.45, 2.75) is 26.3 Å². The van der Waals surface area contributed by atoms with E-state index in [0.29, 0.717) is 11.5 Å². The average molecular weight is 300 g/mol. The summed E-state index contributed by atoms with van der Waals surface area (Å²) < 4.78 is 5.07. The normalized spacial score (nSPS) is 10.9. The van der Waals surface area contributed by atoms with Gasteiger partial charge in [-0.2, -0.15) is 0 Å². The Labute approximate surface area is 129 Å². The topological polar surface area (TPSA) is 76.1 Å². The van der Waals surface area contributed by atoms with Gasteiger partial charge in [-0.3, -0.25) is 4.79 Å². The molecule has 0 fully saturated rings. The monoisotopic (exact) mass is 300 g/mol. The molecule has 6 nitrogen and oxygen atoms in total. The zero-order valence-corrected chi connectivity index (χ0v) is 13.2. The molecule has 0 aliphatic rings. The lowest BCUT2D eigenvalue weighted by molar-refractivity contribution is 0.102. The van der Waals surface area contributed by atoms with Crippen molar-refractivity contribution in [2.24, 2.45) is 0 Å². The summed E-state index contributed by atoms with van der Waals surface area (Å²) in [6.07, 6.45) is 0. The van der Waals surface area contributed by atoms with Gasteiger partial charge in [-0.1, -0.05) is 0 Å². The number of aromatic nitrogens is 2. The molecular weight excluding hydrogens is 280 g/mol. The molecule has 0 bridgehead atoms. The number of hydrogen-bond acceptors (Lipinski definition) is 5. The molecule has 0 spiro atoms. The molecule has 0 saturated heterocycles. The largest absolute Gasteiger partial charge is 0.497 e. The van der Waals surface area contributed by atoms with E-state index in [9.17, 15) is 4.79 Å². The third-order valence-electron chi connectivity index (χ3n) is 2.75. The van der Waals surface area contributed by atoms with Crippen molar-refractivity contribution in [3.05, 3.63) is 42.1 Å². The number of benzene rings is 1. The maximum Gasteiger partial charge on any atom is 0.276 e. The first-order chi connectivity index (χ1) is 10.4. The van der Waals surface area contributed by atoms with E-state index >= 15 is 0 Å². The fourth-order valence-electron chi connectivity index (χ4n) is 1.77. The van der Waals surface area contributed by atoms with Crippen LogP contribution >= 0.6 is 0 Å². The van der Waals surface area contributed by atoms with Crippen molar-refractivity contribution >= 4 is 17.4 Å². The second kappa shape index (κ2) is 6.43. The van der Waals surface area contributed by atoms with Crippen molar-refractivity contribution in [1.82, 2.24) is 10.2 Å². The highest BCUT2D eigenvalue weighted by molar-refractivity contribution is 6.02. The number of hydrogen-bond donors (Lipinski definition) is 2. The van der Waals surface area contributed by atoms with Crippen molar-refractivity contribution < 1.29 is 9.53 Å². The van der Waals surface area contributed by atoms with Crippen LogP contribution in [0.25, 0.3) is 0 Å². The Hall–Kier alpha value is -2.63. The Kier molecular flexibility index (Phi) is 4.60. The standard InChI is InChI=1S/C16H20N4O2/c1-16(2,3)18-14-10-9-13(19-20-14)15(21)17-11-5-7-12(22-4)8-6-11/h5-10H,1-4H3,(H,17,21)(H,18,20). The van der Waals surface area contributed by atoms with Gasteiger partial charge < -0.3 is 15.4 Å². The van der Waals surface area contributed by atoms with Crippen LogP contribution in [0.1, 0.15) is 31.3 Å². The van der Waals surface area contributed by atoms with Crippen LogP contribution in [-0.2, 0) is 0 Å². The first-order valence-corrected chi connectivity index (χ1v) is 6.95. The molecule has 1 heterocycles. The molecular formula is C16H20N4O2. The van der Waals surface area contributed by atoms with Crippen molar-refractivity contribution in [3.8, 4) is 5.75 Å². The zero-order valence-electron chi connectivity index (χ0n) is 13.2. The fourth-order valence-corrected chi connectivity index (χ4v) is 1.77. The van der Waals surface area contributed by atoms with E-state index in [4.69, 9.17) is 4.74 Å². The summed E-state index contributed by atoms with van der Waals surface area (Å²) in [5.41, 5.74) is 0.821. The highest BCUT2D eigenvalue weighted by atomic mass is 16.5. The molecule has 2 rings (SSSR count). The molecule has 0 atom stereocenters. The van der Waals surface area contributed by atoms with E-state index in [1.54, 1.807) is 43.5 Å². The Morgan fingerprint density at radius 2 is 1.73 bits per heavy atom. The van der Waals surface area contributed by atoms with Crippen LogP contribution in [0, 0.1) is 0 Å². The molecule has 1 amide bonds. The maximum atomic E-state index is 12.1. The SMILES string of the molecule is COc1ccc(NC(=O)c2ccc(NC(C)(C)C)nn2)cc1. The summed E-state index contributed by atoms with van der Waals surface area (Å²) in [5.74, 6) is 1.06. The van der Waals surface area contributed by atoms with Gasteiger partial charge in [0.25, 0.3) is 5.91 Å². The summed E-state index contributed by atoms with van der Waals surface area (Å²) in [6.45, 7) is 6.08. The molecule has 0 aliphatic carbocycles. The van der Waals surface area contributed by atoms with Gasteiger partial charge in [-0.05, 0) is 57.2 Å². The number of amides is 1.